The van der Waals surface area contributed by atoms with Gasteiger partial charge in [0.05, 0.1) is 0 Å². The Morgan fingerprint density at radius 2 is 2.75 bits per heavy atom. The average Bonchev–Trinajstić information content (AvgIpc) is 2.15. The Bertz CT molecular complexity index is 176. The standard InChI is InChI=1S/C5H6N2S/c1-2-7-3-4-8-5(7)6-1/h1-2H,3-4H2/p+1. The molecule has 0 spiro atoms. The summed E-state index contributed by atoms with van der Waals surface area (Å²) in [6.07, 6.45) is 4.05. The molecule has 2 heterocycles. The van der Waals surface area contributed by atoms with Crippen LogP contribution in [0.25, 0.3) is 0 Å². The molecule has 1 N–H and O–H groups in total. The number of nitrogens with zero attached hydrogens (tertiary/aromatic N) is 1. The first kappa shape index (κ1) is 4.44. The first-order valence-electron chi connectivity index (χ1n) is 2.66. The fourth-order valence-corrected chi connectivity index (χ4v) is 1.84. The van der Waals surface area contributed by atoms with Crippen LogP contribution in [0.3, 0.4) is 0 Å². The highest BCUT2D eigenvalue weighted by Crippen LogP contribution is 2.14. The summed E-state index contributed by atoms with van der Waals surface area (Å²) >= 11 is 1.88. The van der Waals surface area contributed by atoms with Crippen molar-refractivity contribution in [2.45, 2.75) is 11.7 Å². The molecule has 2 rings (SSSR count). The third-order valence-corrected chi connectivity index (χ3v) is 2.31. The summed E-state index contributed by atoms with van der Waals surface area (Å²) in [7, 11) is 0. The normalized spacial score (nSPS) is 16.5. The van der Waals surface area contributed by atoms with E-state index in [-0.39, 0.29) is 0 Å². The van der Waals surface area contributed by atoms with Crippen molar-refractivity contribution < 1.29 is 4.57 Å². The van der Waals surface area contributed by atoms with E-state index in [4.69, 9.17) is 0 Å². The second-order valence-corrected chi connectivity index (χ2v) is 2.89. The largest absolute Gasteiger partial charge is 0.315 e. The molecular weight excluding hydrogens is 120 g/mol. The summed E-state index contributed by atoms with van der Waals surface area (Å²) in [5.74, 6) is 1.23. The molecule has 42 valence electrons. The molecule has 0 aliphatic carbocycles. The number of hydrogen-bond acceptors (Lipinski definition) is 1. The maximum Gasteiger partial charge on any atom is 0.315 e. The van der Waals surface area contributed by atoms with Crippen molar-refractivity contribution in [1.29, 1.82) is 0 Å². The topological polar surface area (TPSA) is 19.7 Å². The predicted octanol–water partition coefficient (Wildman–Crippen LogP) is 0.408. The third kappa shape index (κ3) is 0.478. The molecule has 0 radical (unpaired) electrons. The number of aromatic nitrogens is 2. The molecule has 2 nitrogen and oxygen atoms in total. The van der Waals surface area contributed by atoms with E-state index in [2.05, 4.69) is 15.7 Å². The van der Waals surface area contributed by atoms with Crippen LogP contribution in [0, 0.1) is 0 Å². The van der Waals surface area contributed by atoms with E-state index in [0.717, 1.165) is 0 Å². The zero-order valence-corrected chi connectivity index (χ0v) is 5.24. The number of rotatable bonds is 0. The Balaban J connectivity index is 2.54. The molecule has 0 fully saturated rings. The van der Waals surface area contributed by atoms with Gasteiger partial charge in [0.25, 0.3) is 0 Å². The molecule has 0 bridgehead atoms. The molecule has 0 unspecified atom stereocenters. The molecule has 0 atom stereocenters. The summed E-state index contributed by atoms with van der Waals surface area (Å²) in [5, 5.41) is 1.30. The SMILES string of the molecule is c1c[n+]2c([nH]1)SCC2. The van der Waals surface area contributed by atoms with Gasteiger partial charge in [0.1, 0.15) is 18.9 Å². The number of H-pyrrole nitrogens is 1. The minimum Gasteiger partial charge on any atom is -0.238 e. The maximum absolute atomic E-state index is 3.14. The smallest absolute Gasteiger partial charge is 0.238 e. The fourth-order valence-electron chi connectivity index (χ4n) is 0.890. The first-order chi connectivity index (χ1) is 3.97. The summed E-state index contributed by atoms with van der Waals surface area (Å²) in [5.41, 5.74) is 0. The van der Waals surface area contributed by atoms with E-state index in [1.807, 2.05) is 18.0 Å². The number of aromatic amines is 1. The van der Waals surface area contributed by atoms with Gasteiger partial charge in [-0.05, 0) is 11.8 Å². The van der Waals surface area contributed by atoms with E-state index < -0.39 is 0 Å². The number of hydrogen-bond donors (Lipinski definition) is 1. The van der Waals surface area contributed by atoms with Gasteiger partial charge in [-0.3, -0.25) is 0 Å². The Labute approximate surface area is 51.9 Å². The Kier molecular flexibility index (Phi) is 0.842. The molecule has 3 heteroatoms. The molecule has 0 saturated heterocycles. The number of nitrogens with one attached hydrogen (secondary N) is 1. The molecule has 8 heavy (non-hydrogen) atoms. The van der Waals surface area contributed by atoms with Crippen molar-refractivity contribution in [3.8, 4) is 0 Å². The zero-order valence-electron chi connectivity index (χ0n) is 4.42. The van der Waals surface area contributed by atoms with Crippen molar-refractivity contribution in [3.63, 3.8) is 0 Å². The van der Waals surface area contributed by atoms with Crippen LogP contribution in [0.5, 0.6) is 0 Å². The fraction of sp³-hybridized carbons (Fsp3) is 0.400. The minimum absolute atomic E-state index is 1.17. The van der Waals surface area contributed by atoms with Gasteiger partial charge in [0, 0.05) is 5.75 Å². The van der Waals surface area contributed by atoms with Crippen molar-refractivity contribution in [2.75, 3.05) is 5.75 Å². The summed E-state index contributed by atoms with van der Waals surface area (Å²) in [6.45, 7) is 1.17. The average molecular weight is 127 g/mol. The Morgan fingerprint density at radius 1 is 1.75 bits per heavy atom. The second kappa shape index (κ2) is 1.52. The van der Waals surface area contributed by atoms with Gasteiger partial charge < -0.3 is 0 Å². The lowest BCUT2D eigenvalue weighted by Crippen LogP contribution is -2.29. The van der Waals surface area contributed by atoms with Crippen LogP contribution in [0.2, 0.25) is 0 Å². The predicted molar refractivity (Wildman–Crippen MR) is 31.7 cm³/mol. The van der Waals surface area contributed by atoms with Crippen molar-refractivity contribution >= 4 is 11.8 Å². The molecule has 1 aliphatic heterocycles. The third-order valence-electron chi connectivity index (χ3n) is 1.29. The maximum atomic E-state index is 3.14. The van der Waals surface area contributed by atoms with Crippen molar-refractivity contribution in [2.24, 2.45) is 0 Å². The lowest BCUT2D eigenvalue weighted by Gasteiger charge is -1.77. The molecule has 0 aromatic carbocycles. The number of aryl methyl sites for hydroxylation is 1. The highest BCUT2D eigenvalue weighted by atomic mass is 32.2. The highest BCUT2D eigenvalue weighted by molar-refractivity contribution is 7.99. The first-order valence-corrected chi connectivity index (χ1v) is 3.65. The van der Waals surface area contributed by atoms with Gasteiger partial charge in [-0.2, -0.15) is 0 Å². The molecule has 0 amide bonds. The second-order valence-electron chi connectivity index (χ2n) is 1.81. The molecule has 0 saturated carbocycles. The molecule has 1 aromatic rings. The van der Waals surface area contributed by atoms with Crippen LogP contribution in [-0.2, 0) is 6.54 Å². The molecular formula is C5H7N2S+. The lowest BCUT2D eigenvalue weighted by atomic mass is 10.7. The van der Waals surface area contributed by atoms with Crippen molar-refractivity contribution in [3.05, 3.63) is 12.4 Å². The summed E-state index contributed by atoms with van der Waals surface area (Å²) < 4.78 is 2.23. The van der Waals surface area contributed by atoms with Crippen molar-refractivity contribution in [1.82, 2.24) is 4.98 Å². The Morgan fingerprint density at radius 3 is 3.62 bits per heavy atom. The zero-order chi connectivity index (χ0) is 5.40. The van der Waals surface area contributed by atoms with Gasteiger partial charge in [-0.25, -0.2) is 9.55 Å². The van der Waals surface area contributed by atoms with E-state index in [9.17, 15) is 0 Å². The number of fused-ring (bicyclic) bond motifs is 1. The van der Waals surface area contributed by atoms with E-state index in [1.54, 1.807) is 0 Å². The quantitative estimate of drug-likeness (QED) is 0.500. The van der Waals surface area contributed by atoms with Gasteiger partial charge >= 0.3 is 5.16 Å². The molecule has 1 aromatic heterocycles. The summed E-state index contributed by atoms with van der Waals surface area (Å²) in [4.78, 5) is 3.14. The van der Waals surface area contributed by atoms with Crippen LogP contribution < -0.4 is 4.57 Å². The monoisotopic (exact) mass is 127 g/mol. The Hall–Kier alpha value is -0.440. The van der Waals surface area contributed by atoms with Gasteiger partial charge in [-0.1, -0.05) is 0 Å². The minimum atomic E-state index is 1.17. The number of imidazole rings is 1. The van der Waals surface area contributed by atoms with Crippen LogP contribution in [0.4, 0.5) is 0 Å². The molecule has 1 aliphatic rings. The van der Waals surface area contributed by atoms with Gasteiger partial charge in [-0.15, -0.1) is 0 Å². The highest BCUT2D eigenvalue weighted by Gasteiger charge is 2.16. The van der Waals surface area contributed by atoms with Crippen LogP contribution in [0.15, 0.2) is 17.6 Å². The number of thioether (sulfide) groups is 1. The summed E-state index contributed by atoms with van der Waals surface area (Å²) in [6, 6.07) is 0. The van der Waals surface area contributed by atoms with E-state index in [1.165, 1.54) is 17.5 Å². The van der Waals surface area contributed by atoms with Crippen LogP contribution in [-0.4, -0.2) is 10.7 Å². The van der Waals surface area contributed by atoms with Crippen LogP contribution in [0.1, 0.15) is 0 Å². The van der Waals surface area contributed by atoms with Gasteiger partial charge in [0.2, 0.25) is 0 Å². The lowest BCUT2D eigenvalue weighted by molar-refractivity contribution is -0.722. The van der Waals surface area contributed by atoms with Gasteiger partial charge in [0.15, 0.2) is 0 Å². The van der Waals surface area contributed by atoms with Crippen LogP contribution >= 0.6 is 11.8 Å². The van der Waals surface area contributed by atoms with E-state index >= 15 is 0 Å². The van der Waals surface area contributed by atoms with E-state index in [0.29, 0.717) is 0 Å².